The van der Waals surface area contributed by atoms with Crippen molar-refractivity contribution in [2.75, 3.05) is 12.5 Å². The first-order valence-corrected chi connectivity index (χ1v) is 13.9. The number of benzene rings is 2. The predicted octanol–water partition coefficient (Wildman–Crippen LogP) is 3.65. The second-order valence-corrected chi connectivity index (χ2v) is 12.2. The second kappa shape index (κ2) is 13.2. The molecule has 0 spiro atoms. The van der Waals surface area contributed by atoms with Crippen LogP contribution in [0, 0.1) is 12.8 Å². The normalized spacial score (nSPS) is 18.1. The van der Waals surface area contributed by atoms with Crippen LogP contribution in [0.4, 0.5) is 4.79 Å². The van der Waals surface area contributed by atoms with Gasteiger partial charge in [0.05, 0.1) is 18.5 Å². The summed E-state index contributed by atoms with van der Waals surface area (Å²) < 4.78 is 4.68. The van der Waals surface area contributed by atoms with E-state index in [-0.39, 0.29) is 30.7 Å². The van der Waals surface area contributed by atoms with Crippen LogP contribution in [0.1, 0.15) is 44.4 Å². The molecule has 1 aliphatic rings. The van der Waals surface area contributed by atoms with E-state index in [1.54, 1.807) is 0 Å². The van der Waals surface area contributed by atoms with Crippen molar-refractivity contribution in [2.45, 2.75) is 70.5 Å². The van der Waals surface area contributed by atoms with Crippen molar-refractivity contribution in [1.29, 1.82) is 0 Å². The highest BCUT2D eigenvalue weighted by Gasteiger charge is 2.49. The van der Waals surface area contributed by atoms with Gasteiger partial charge in [-0.05, 0) is 49.8 Å². The van der Waals surface area contributed by atoms with E-state index < -0.39 is 34.9 Å². The van der Waals surface area contributed by atoms with Gasteiger partial charge in [0, 0.05) is 11.3 Å². The summed E-state index contributed by atoms with van der Waals surface area (Å²) in [6.45, 7) is 10.2. The number of hydrogen-bond acceptors (Lipinski definition) is 6. The van der Waals surface area contributed by atoms with E-state index in [0.717, 1.165) is 16.7 Å². The van der Waals surface area contributed by atoms with E-state index in [1.165, 1.54) is 16.7 Å². The minimum atomic E-state index is -1.57. The molecule has 3 atom stereocenters. The number of carbonyl (C=O) groups is 3. The molecule has 3 rings (SSSR count). The molecule has 2 aromatic rings. The summed E-state index contributed by atoms with van der Waals surface area (Å²) in [5, 5.41) is 16.9. The van der Waals surface area contributed by atoms with Crippen LogP contribution in [0.2, 0.25) is 0 Å². The van der Waals surface area contributed by atoms with E-state index >= 15 is 0 Å². The average molecular weight is 542 g/mol. The van der Waals surface area contributed by atoms with Gasteiger partial charge in [0.15, 0.2) is 6.10 Å². The third-order valence-corrected chi connectivity index (χ3v) is 7.95. The molecule has 2 aromatic carbocycles. The lowest BCUT2D eigenvalue weighted by molar-refractivity contribution is -0.147. The van der Waals surface area contributed by atoms with Crippen molar-refractivity contribution < 1.29 is 24.2 Å². The van der Waals surface area contributed by atoms with Crippen molar-refractivity contribution in [3.8, 4) is 0 Å². The molecule has 1 fully saturated rings. The Hall–Kier alpha value is -3.04. The molecule has 0 saturated carbocycles. The van der Waals surface area contributed by atoms with Gasteiger partial charge < -0.3 is 25.4 Å². The summed E-state index contributed by atoms with van der Waals surface area (Å²) in [5.41, 5.74) is 2.90. The first-order valence-electron chi connectivity index (χ1n) is 12.9. The monoisotopic (exact) mass is 541 g/mol. The van der Waals surface area contributed by atoms with Crippen LogP contribution in [-0.4, -0.2) is 63.3 Å². The van der Waals surface area contributed by atoms with Gasteiger partial charge in [-0.2, -0.15) is 0 Å². The van der Waals surface area contributed by atoms with Gasteiger partial charge in [-0.15, -0.1) is 11.8 Å². The highest BCUT2D eigenvalue weighted by molar-refractivity contribution is 8.00. The lowest BCUT2D eigenvalue weighted by Gasteiger charge is -2.33. The van der Waals surface area contributed by atoms with Crippen LogP contribution in [0.5, 0.6) is 0 Å². The SMILES string of the molecule is Cc1ccccc1CNC(=O)C1N(C(=O)C(O)C(Cc2ccccc2)NC(=O)OCC(C)C)CSC1(C)C. The average Bonchev–Trinajstić information content (AvgIpc) is 3.21. The number of aliphatic hydroxyl groups excluding tert-OH is 1. The maximum atomic E-state index is 13.6. The molecular weight excluding hydrogens is 502 g/mol. The first kappa shape index (κ1) is 29.5. The van der Waals surface area contributed by atoms with Crippen LogP contribution in [-0.2, 0) is 27.3 Å². The summed E-state index contributed by atoms with van der Waals surface area (Å²) in [6, 6.07) is 15.4. The highest BCUT2D eigenvalue weighted by Crippen LogP contribution is 2.40. The molecule has 1 aliphatic heterocycles. The molecule has 8 nitrogen and oxygen atoms in total. The standard InChI is InChI=1S/C29H39N3O5S/c1-19(2)17-37-28(36)31-23(15-21-12-7-6-8-13-21)24(33)27(35)32-18-38-29(4,5)25(32)26(34)30-16-22-14-10-9-11-20(22)3/h6-14,19,23-25,33H,15-18H2,1-5H3,(H,30,34)(H,31,36). The summed E-state index contributed by atoms with van der Waals surface area (Å²) in [7, 11) is 0. The predicted molar refractivity (Wildman–Crippen MR) is 149 cm³/mol. The summed E-state index contributed by atoms with van der Waals surface area (Å²) >= 11 is 1.48. The number of nitrogens with one attached hydrogen (secondary N) is 2. The van der Waals surface area contributed by atoms with Crippen LogP contribution >= 0.6 is 11.8 Å². The summed E-state index contributed by atoms with van der Waals surface area (Å²) in [6.07, 6.45) is -2.04. The fourth-order valence-corrected chi connectivity index (χ4v) is 5.53. The Balaban J connectivity index is 1.77. The number of hydrogen-bond donors (Lipinski definition) is 3. The quantitative estimate of drug-likeness (QED) is 0.424. The zero-order valence-electron chi connectivity index (χ0n) is 22.8. The maximum absolute atomic E-state index is 13.6. The topological polar surface area (TPSA) is 108 Å². The Morgan fingerprint density at radius 2 is 1.76 bits per heavy atom. The Labute approximate surface area is 229 Å². The molecule has 0 bridgehead atoms. The van der Waals surface area contributed by atoms with E-state index in [2.05, 4.69) is 10.6 Å². The van der Waals surface area contributed by atoms with E-state index in [4.69, 9.17) is 4.74 Å². The van der Waals surface area contributed by atoms with E-state index in [1.807, 2.05) is 89.2 Å². The van der Waals surface area contributed by atoms with Gasteiger partial charge in [-0.25, -0.2) is 4.79 Å². The van der Waals surface area contributed by atoms with E-state index in [9.17, 15) is 19.5 Å². The molecule has 0 aromatic heterocycles. The third kappa shape index (κ3) is 7.74. The minimum absolute atomic E-state index is 0.141. The molecule has 0 aliphatic carbocycles. The van der Waals surface area contributed by atoms with E-state index in [0.29, 0.717) is 6.54 Å². The fourth-order valence-electron chi connectivity index (χ4n) is 4.39. The number of carbonyl (C=O) groups excluding carboxylic acids is 3. The number of aliphatic hydroxyl groups is 1. The molecule has 3 N–H and O–H groups in total. The van der Waals surface area contributed by atoms with Crippen LogP contribution in [0.25, 0.3) is 0 Å². The van der Waals surface area contributed by atoms with Crippen molar-refractivity contribution in [1.82, 2.24) is 15.5 Å². The molecule has 3 unspecified atom stereocenters. The maximum Gasteiger partial charge on any atom is 0.407 e. The van der Waals surface area contributed by atoms with Crippen molar-refractivity contribution in [3.05, 3.63) is 71.3 Å². The number of aryl methyl sites for hydroxylation is 1. The molecule has 38 heavy (non-hydrogen) atoms. The minimum Gasteiger partial charge on any atom is -0.449 e. The Kier molecular flexibility index (Phi) is 10.2. The summed E-state index contributed by atoms with van der Waals surface area (Å²) in [5.74, 6) is -0.499. The molecule has 3 amide bonds. The number of amides is 3. The Bertz CT molecular complexity index is 1110. The fraction of sp³-hybridized carbons (Fsp3) is 0.483. The number of ether oxygens (including phenoxy) is 1. The zero-order valence-corrected chi connectivity index (χ0v) is 23.6. The lowest BCUT2D eigenvalue weighted by atomic mass is 9.97. The second-order valence-electron chi connectivity index (χ2n) is 10.6. The van der Waals surface area contributed by atoms with Gasteiger partial charge in [0.1, 0.15) is 6.04 Å². The van der Waals surface area contributed by atoms with Gasteiger partial charge in [-0.1, -0.05) is 68.4 Å². The van der Waals surface area contributed by atoms with Crippen molar-refractivity contribution in [3.63, 3.8) is 0 Å². The van der Waals surface area contributed by atoms with Gasteiger partial charge >= 0.3 is 6.09 Å². The molecule has 1 heterocycles. The molecule has 1 saturated heterocycles. The number of rotatable bonds is 10. The smallest absolute Gasteiger partial charge is 0.407 e. The van der Waals surface area contributed by atoms with Crippen molar-refractivity contribution in [2.24, 2.45) is 5.92 Å². The van der Waals surface area contributed by atoms with Gasteiger partial charge in [-0.3, -0.25) is 9.59 Å². The van der Waals surface area contributed by atoms with Crippen LogP contribution in [0.3, 0.4) is 0 Å². The molecule has 206 valence electrons. The van der Waals surface area contributed by atoms with Crippen molar-refractivity contribution >= 4 is 29.7 Å². The highest BCUT2D eigenvalue weighted by atomic mass is 32.2. The van der Waals surface area contributed by atoms with Crippen LogP contribution in [0.15, 0.2) is 54.6 Å². The first-order chi connectivity index (χ1) is 18.0. The molecule has 9 heteroatoms. The number of alkyl carbamates (subject to hydrolysis) is 1. The molecular formula is C29H39N3O5S. The largest absolute Gasteiger partial charge is 0.449 e. The van der Waals surface area contributed by atoms with Crippen LogP contribution < -0.4 is 10.6 Å². The number of nitrogens with zero attached hydrogens (tertiary/aromatic N) is 1. The number of thioether (sulfide) groups is 1. The zero-order chi connectivity index (χ0) is 27.9. The Morgan fingerprint density at radius 3 is 2.42 bits per heavy atom. The van der Waals surface area contributed by atoms with Gasteiger partial charge in [0.2, 0.25) is 5.91 Å². The lowest BCUT2D eigenvalue weighted by Crippen LogP contribution is -2.58. The van der Waals surface area contributed by atoms with Gasteiger partial charge in [0.25, 0.3) is 5.91 Å². The summed E-state index contributed by atoms with van der Waals surface area (Å²) in [4.78, 5) is 40.9. The molecule has 0 radical (unpaired) electrons. The Morgan fingerprint density at radius 1 is 1.11 bits per heavy atom. The third-order valence-electron chi connectivity index (χ3n) is 6.58.